The van der Waals surface area contributed by atoms with E-state index in [0.717, 1.165) is 52.2 Å². The van der Waals surface area contributed by atoms with Crippen molar-refractivity contribution in [2.75, 3.05) is 45.9 Å². The summed E-state index contributed by atoms with van der Waals surface area (Å²) in [5.41, 5.74) is 6.13. The van der Waals surface area contributed by atoms with Crippen molar-refractivity contribution in [2.24, 2.45) is 5.73 Å². The van der Waals surface area contributed by atoms with Crippen molar-refractivity contribution in [1.82, 2.24) is 9.80 Å². The second-order valence-corrected chi connectivity index (χ2v) is 6.56. The molecule has 3 heterocycles. The van der Waals surface area contributed by atoms with Gasteiger partial charge in [-0.15, -0.1) is 0 Å². The molecule has 2 N–H and O–H groups in total. The molecule has 0 aromatic rings. The van der Waals surface area contributed by atoms with Crippen LogP contribution >= 0.6 is 0 Å². The van der Waals surface area contributed by atoms with E-state index in [-0.39, 0.29) is 12.1 Å². The van der Waals surface area contributed by atoms with Gasteiger partial charge in [-0.2, -0.15) is 0 Å². The first-order valence-corrected chi connectivity index (χ1v) is 8.26. The van der Waals surface area contributed by atoms with E-state index in [9.17, 15) is 4.39 Å². The molecule has 3 rings (SSSR count). The fraction of sp³-hybridized carbons (Fsp3) is 1.00. The third-order valence-electron chi connectivity index (χ3n) is 5.09. The van der Waals surface area contributed by atoms with Crippen LogP contribution in [0.25, 0.3) is 0 Å². The van der Waals surface area contributed by atoms with Crippen LogP contribution in [0.5, 0.6) is 0 Å². The van der Waals surface area contributed by atoms with Crippen LogP contribution in [-0.2, 0) is 9.47 Å². The summed E-state index contributed by atoms with van der Waals surface area (Å²) >= 11 is 0. The molecule has 6 heteroatoms. The van der Waals surface area contributed by atoms with Gasteiger partial charge in [-0.25, -0.2) is 4.39 Å². The van der Waals surface area contributed by atoms with E-state index in [2.05, 4.69) is 9.80 Å². The molecule has 0 bridgehead atoms. The highest BCUT2D eigenvalue weighted by Crippen LogP contribution is 2.24. The summed E-state index contributed by atoms with van der Waals surface area (Å²) in [5, 5.41) is 0. The zero-order valence-corrected chi connectivity index (χ0v) is 12.9. The summed E-state index contributed by atoms with van der Waals surface area (Å²) < 4.78 is 25.6. The average Bonchev–Trinajstić information content (AvgIpc) is 2.42. The lowest BCUT2D eigenvalue weighted by molar-refractivity contribution is -0.124. The lowest BCUT2D eigenvalue weighted by Crippen LogP contribution is -2.60. The van der Waals surface area contributed by atoms with E-state index in [1.165, 1.54) is 0 Å². The number of hydrogen-bond donors (Lipinski definition) is 1. The van der Waals surface area contributed by atoms with Crippen molar-refractivity contribution in [1.29, 1.82) is 0 Å². The number of nitrogens with two attached hydrogens (primary N) is 1. The minimum atomic E-state index is -0.966. The molecule has 5 nitrogen and oxygen atoms in total. The maximum Gasteiger partial charge on any atom is 0.140 e. The van der Waals surface area contributed by atoms with Crippen molar-refractivity contribution in [3.05, 3.63) is 0 Å². The second kappa shape index (κ2) is 6.87. The van der Waals surface area contributed by atoms with Gasteiger partial charge in [-0.1, -0.05) is 6.92 Å². The smallest absolute Gasteiger partial charge is 0.140 e. The number of nitrogens with zero attached hydrogens (tertiary/aromatic N) is 2. The first-order valence-electron chi connectivity index (χ1n) is 8.26. The van der Waals surface area contributed by atoms with Gasteiger partial charge in [0.2, 0.25) is 0 Å². The third-order valence-corrected chi connectivity index (χ3v) is 5.09. The van der Waals surface area contributed by atoms with Crippen LogP contribution in [0.2, 0.25) is 0 Å². The minimum Gasteiger partial charge on any atom is -0.378 e. The molecule has 0 aromatic heterocycles. The number of hydrogen-bond acceptors (Lipinski definition) is 5. The molecule has 0 spiro atoms. The molecule has 3 unspecified atom stereocenters. The van der Waals surface area contributed by atoms with Gasteiger partial charge < -0.3 is 15.2 Å². The number of piperidine rings is 2. The van der Waals surface area contributed by atoms with Crippen LogP contribution in [0.1, 0.15) is 19.8 Å². The van der Waals surface area contributed by atoms with Crippen LogP contribution < -0.4 is 5.73 Å². The van der Waals surface area contributed by atoms with Crippen LogP contribution in [0.4, 0.5) is 4.39 Å². The Morgan fingerprint density at radius 3 is 2.48 bits per heavy atom. The number of rotatable bonds is 4. The van der Waals surface area contributed by atoms with E-state index in [1.54, 1.807) is 0 Å². The zero-order chi connectivity index (χ0) is 14.8. The van der Waals surface area contributed by atoms with Crippen LogP contribution in [-0.4, -0.2) is 86.2 Å². The van der Waals surface area contributed by atoms with Gasteiger partial charge in [-0.3, -0.25) is 9.80 Å². The van der Waals surface area contributed by atoms with Gasteiger partial charge in [0.1, 0.15) is 12.3 Å². The van der Waals surface area contributed by atoms with E-state index in [0.29, 0.717) is 12.6 Å². The first-order chi connectivity index (χ1) is 10.2. The molecular formula is C15H28FN3O2. The summed E-state index contributed by atoms with van der Waals surface area (Å²) in [4.78, 5) is 4.53. The Bertz CT molecular complexity index is 323. The maximum absolute atomic E-state index is 14.3. The van der Waals surface area contributed by atoms with E-state index in [4.69, 9.17) is 15.2 Å². The van der Waals surface area contributed by atoms with E-state index < -0.39 is 12.3 Å². The highest BCUT2D eigenvalue weighted by molar-refractivity contribution is 4.92. The van der Waals surface area contributed by atoms with Gasteiger partial charge in [0.05, 0.1) is 25.4 Å². The molecule has 3 saturated heterocycles. The summed E-state index contributed by atoms with van der Waals surface area (Å²) in [6, 6.07) is 0.377. The fourth-order valence-electron chi connectivity index (χ4n) is 3.57. The van der Waals surface area contributed by atoms with Crippen LogP contribution in [0.3, 0.4) is 0 Å². The van der Waals surface area contributed by atoms with Crippen molar-refractivity contribution in [3.63, 3.8) is 0 Å². The van der Waals surface area contributed by atoms with Gasteiger partial charge in [0.25, 0.3) is 0 Å². The van der Waals surface area contributed by atoms with Crippen LogP contribution in [0.15, 0.2) is 0 Å². The molecule has 0 amide bonds. The van der Waals surface area contributed by atoms with Crippen molar-refractivity contribution < 1.29 is 13.9 Å². The standard InChI is InChI=1S/C15H28FN3O2/c1-2-18-7-13(16)15(14(17)8-18)21-12-3-5-19(6-4-12)11-9-20-10-11/h11-15H,2-10,17H2,1H3. The Labute approximate surface area is 126 Å². The van der Waals surface area contributed by atoms with Crippen molar-refractivity contribution in [2.45, 2.75) is 50.2 Å². The highest BCUT2D eigenvalue weighted by Gasteiger charge is 2.38. The summed E-state index contributed by atoms with van der Waals surface area (Å²) in [6.07, 6.45) is 0.710. The average molecular weight is 301 g/mol. The second-order valence-electron chi connectivity index (χ2n) is 6.56. The summed E-state index contributed by atoms with van der Waals surface area (Å²) in [6.45, 7) is 7.85. The highest BCUT2D eigenvalue weighted by atomic mass is 19.1. The number of likely N-dealkylation sites (tertiary alicyclic amines) is 2. The summed E-state index contributed by atoms with van der Waals surface area (Å²) in [5.74, 6) is 0. The molecular weight excluding hydrogens is 273 g/mol. The largest absolute Gasteiger partial charge is 0.378 e. The number of ether oxygens (including phenoxy) is 2. The number of likely N-dealkylation sites (N-methyl/N-ethyl adjacent to an activating group) is 1. The Kier molecular flexibility index (Phi) is 5.11. The molecule has 21 heavy (non-hydrogen) atoms. The summed E-state index contributed by atoms with van der Waals surface area (Å²) in [7, 11) is 0. The topological polar surface area (TPSA) is 51.0 Å². The lowest BCUT2D eigenvalue weighted by atomic mass is 9.99. The molecule has 122 valence electrons. The van der Waals surface area contributed by atoms with Crippen LogP contribution in [0, 0.1) is 0 Å². The monoisotopic (exact) mass is 301 g/mol. The quantitative estimate of drug-likeness (QED) is 0.806. The van der Waals surface area contributed by atoms with Crippen molar-refractivity contribution in [3.8, 4) is 0 Å². The Hall–Kier alpha value is -0.270. The molecule has 3 fully saturated rings. The van der Waals surface area contributed by atoms with E-state index in [1.807, 2.05) is 6.92 Å². The molecule has 3 aliphatic rings. The minimum absolute atomic E-state index is 0.157. The molecule has 0 saturated carbocycles. The number of alkyl halides is 1. The zero-order valence-electron chi connectivity index (χ0n) is 12.9. The lowest BCUT2D eigenvalue weighted by Gasteiger charge is -2.44. The third kappa shape index (κ3) is 3.56. The molecule has 3 atom stereocenters. The molecule has 3 aliphatic heterocycles. The normalized spacial score (nSPS) is 37.6. The van der Waals surface area contributed by atoms with Gasteiger partial charge in [-0.05, 0) is 19.4 Å². The Morgan fingerprint density at radius 2 is 1.95 bits per heavy atom. The maximum atomic E-state index is 14.3. The molecule has 0 aliphatic carbocycles. The van der Waals surface area contributed by atoms with E-state index >= 15 is 0 Å². The first kappa shape index (κ1) is 15.6. The number of halogens is 1. The van der Waals surface area contributed by atoms with Gasteiger partial charge >= 0.3 is 0 Å². The Morgan fingerprint density at radius 1 is 1.24 bits per heavy atom. The SMILES string of the molecule is CCN1CC(N)C(OC2CCN(C3COC3)CC2)C(F)C1. The molecule has 0 radical (unpaired) electrons. The molecule has 0 aromatic carbocycles. The predicted octanol–water partition coefficient (Wildman–Crippen LogP) is 0.236. The Balaban J connectivity index is 1.46. The van der Waals surface area contributed by atoms with Gasteiger partial charge in [0, 0.05) is 32.2 Å². The van der Waals surface area contributed by atoms with Crippen molar-refractivity contribution >= 4 is 0 Å². The fourth-order valence-corrected chi connectivity index (χ4v) is 3.57. The van der Waals surface area contributed by atoms with Gasteiger partial charge in [0.15, 0.2) is 0 Å². The predicted molar refractivity (Wildman–Crippen MR) is 79.1 cm³/mol.